The third-order valence-electron chi connectivity index (χ3n) is 7.23. The lowest BCUT2D eigenvalue weighted by Crippen LogP contribution is -2.27. The Kier molecular flexibility index (Phi) is 7.24. The fourth-order valence-electron chi connectivity index (χ4n) is 4.96. The Balaban J connectivity index is 2.13. The molecular weight excluding hydrogens is 464 g/mol. The maximum absolute atomic E-state index is 13.0. The third kappa shape index (κ3) is 4.08. The summed E-state index contributed by atoms with van der Waals surface area (Å²) in [5.41, 5.74) is 3.77. The van der Waals surface area contributed by atoms with Crippen LogP contribution >= 0.6 is 0 Å². The highest BCUT2D eigenvalue weighted by Crippen LogP contribution is 2.58. The molecule has 0 saturated carbocycles. The molecule has 0 unspecified atom stereocenters. The molecular formula is C28H34O8. The molecule has 0 saturated heterocycles. The van der Waals surface area contributed by atoms with Gasteiger partial charge >= 0.3 is 5.97 Å². The molecule has 0 aromatic heterocycles. The SMILES string of the molecule is C/C=C(/C)C(=O)O[C@H]1c2cc(OC)c(OC)c(OC)c2-c2c(cc3c(c2OC)OCO3)C[C@@H](C)[C@H]1C. The number of esters is 1. The van der Waals surface area contributed by atoms with Gasteiger partial charge in [-0.25, -0.2) is 4.79 Å². The molecule has 8 nitrogen and oxygen atoms in total. The van der Waals surface area contributed by atoms with Gasteiger partial charge in [-0.15, -0.1) is 0 Å². The summed E-state index contributed by atoms with van der Waals surface area (Å²) in [7, 11) is 6.30. The van der Waals surface area contributed by atoms with Gasteiger partial charge in [0, 0.05) is 28.2 Å². The molecule has 0 fully saturated rings. The van der Waals surface area contributed by atoms with E-state index in [1.807, 2.05) is 19.1 Å². The molecule has 2 aromatic carbocycles. The summed E-state index contributed by atoms with van der Waals surface area (Å²) in [5.74, 6) is 2.78. The quantitative estimate of drug-likeness (QED) is 0.382. The van der Waals surface area contributed by atoms with Gasteiger partial charge in [-0.3, -0.25) is 0 Å². The Labute approximate surface area is 212 Å². The highest BCUT2D eigenvalue weighted by molar-refractivity contribution is 5.90. The van der Waals surface area contributed by atoms with Crippen LogP contribution in [0.3, 0.4) is 0 Å². The number of carbonyl (C=O) groups excluding carboxylic acids is 1. The lowest BCUT2D eigenvalue weighted by Gasteiger charge is -2.35. The van der Waals surface area contributed by atoms with Crippen molar-refractivity contribution >= 4 is 5.97 Å². The number of rotatable bonds is 6. The van der Waals surface area contributed by atoms with Crippen LogP contribution in [0.15, 0.2) is 23.8 Å². The number of fused-ring (bicyclic) bond motifs is 4. The number of methoxy groups -OCH3 is 4. The standard InChI is InChI=1S/C28H34O8/c1-9-14(2)28(29)36-23-16(4)15(3)10-17-11-20-25(35-13-34-20)26(32-7)21(17)22-18(23)12-19(30-5)24(31-6)27(22)33-8/h9,11-12,15-16,23H,10,13H2,1-8H3/b14-9-/t15-,16-,23-/m1/s1. The van der Waals surface area contributed by atoms with Crippen LogP contribution in [-0.2, 0) is 16.0 Å². The summed E-state index contributed by atoms with van der Waals surface area (Å²) in [6.45, 7) is 7.91. The second-order valence-corrected chi connectivity index (χ2v) is 9.13. The number of carbonyl (C=O) groups is 1. The molecule has 0 spiro atoms. The van der Waals surface area contributed by atoms with Gasteiger partial charge in [0.05, 0.1) is 28.4 Å². The molecule has 1 aliphatic carbocycles. The van der Waals surface area contributed by atoms with E-state index in [9.17, 15) is 4.79 Å². The highest BCUT2D eigenvalue weighted by Gasteiger charge is 2.39. The molecule has 36 heavy (non-hydrogen) atoms. The van der Waals surface area contributed by atoms with Crippen LogP contribution in [-0.4, -0.2) is 41.2 Å². The van der Waals surface area contributed by atoms with Crippen LogP contribution in [0.4, 0.5) is 0 Å². The predicted octanol–water partition coefficient (Wildman–Crippen LogP) is 5.50. The molecule has 0 radical (unpaired) electrons. The molecule has 1 heterocycles. The average molecular weight is 499 g/mol. The Hall–Kier alpha value is -3.55. The van der Waals surface area contributed by atoms with Gasteiger partial charge in [0.1, 0.15) is 6.10 Å². The first-order chi connectivity index (χ1) is 17.3. The van der Waals surface area contributed by atoms with Crippen molar-refractivity contribution < 1.29 is 38.0 Å². The summed E-state index contributed by atoms with van der Waals surface area (Å²) in [5, 5.41) is 0. The van der Waals surface area contributed by atoms with E-state index < -0.39 is 6.10 Å². The fraction of sp³-hybridized carbons (Fsp3) is 0.464. The molecule has 4 rings (SSSR count). The number of benzene rings is 2. The van der Waals surface area contributed by atoms with Crippen molar-refractivity contribution in [1.29, 1.82) is 0 Å². The van der Waals surface area contributed by atoms with E-state index in [1.165, 1.54) is 0 Å². The Bertz CT molecular complexity index is 1200. The molecule has 0 bridgehead atoms. The van der Waals surface area contributed by atoms with Gasteiger partial charge in [-0.05, 0) is 43.9 Å². The second-order valence-electron chi connectivity index (χ2n) is 9.13. The second kappa shape index (κ2) is 10.2. The van der Waals surface area contributed by atoms with E-state index >= 15 is 0 Å². The zero-order valence-corrected chi connectivity index (χ0v) is 22.1. The monoisotopic (exact) mass is 498 g/mol. The molecule has 3 atom stereocenters. The topological polar surface area (TPSA) is 81.7 Å². The summed E-state index contributed by atoms with van der Waals surface area (Å²) in [6, 6.07) is 3.86. The third-order valence-corrected chi connectivity index (χ3v) is 7.23. The van der Waals surface area contributed by atoms with Crippen LogP contribution in [0.25, 0.3) is 11.1 Å². The van der Waals surface area contributed by atoms with Crippen LogP contribution in [0, 0.1) is 11.8 Å². The Morgan fingerprint density at radius 2 is 1.64 bits per heavy atom. The maximum atomic E-state index is 13.0. The van der Waals surface area contributed by atoms with Crippen LogP contribution in [0.5, 0.6) is 34.5 Å². The van der Waals surface area contributed by atoms with Gasteiger partial charge in [-0.1, -0.05) is 19.9 Å². The van der Waals surface area contributed by atoms with Gasteiger partial charge in [0.25, 0.3) is 0 Å². The normalized spacial score (nSPS) is 20.4. The van der Waals surface area contributed by atoms with Crippen molar-refractivity contribution in [3.63, 3.8) is 0 Å². The van der Waals surface area contributed by atoms with Crippen molar-refractivity contribution in [2.75, 3.05) is 35.2 Å². The van der Waals surface area contributed by atoms with Crippen LogP contribution in [0.1, 0.15) is 44.9 Å². The van der Waals surface area contributed by atoms with E-state index in [-0.39, 0.29) is 24.6 Å². The Morgan fingerprint density at radius 3 is 2.25 bits per heavy atom. The summed E-state index contributed by atoms with van der Waals surface area (Å²) in [4.78, 5) is 13.0. The minimum atomic E-state index is -0.589. The number of allylic oxidation sites excluding steroid dienone is 1. The van der Waals surface area contributed by atoms with Crippen LogP contribution < -0.4 is 28.4 Å². The zero-order valence-electron chi connectivity index (χ0n) is 22.1. The predicted molar refractivity (Wildman–Crippen MR) is 135 cm³/mol. The first-order valence-electron chi connectivity index (χ1n) is 12.0. The molecule has 194 valence electrons. The van der Waals surface area contributed by atoms with Crippen LogP contribution in [0.2, 0.25) is 0 Å². The number of hydrogen-bond acceptors (Lipinski definition) is 8. The molecule has 1 aliphatic heterocycles. The van der Waals surface area contributed by atoms with Gasteiger partial charge < -0.3 is 33.2 Å². The van der Waals surface area contributed by atoms with E-state index in [2.05, 4.69) is 13.8 Å². The zero-order chi connectivity index (χ0) is 26.1. The van der Waals surface area contributed by atoms with E-state index in [1.54, 1.807) is 41.4 Å². The smallest absolute Gasteiger partial charge is 0.333 e. The van der Waals surface area contributed by atoms with E-state index in [4.69, 9.17) is 33.2 Å². The molecule has 0 amide bonds. The lowest BCUT2D eigenvalue weighted by atomic mass is 9.75. The highest BCUT2D eigenvalue weighted by atomic mass is 16.7. The van der Waals surface area contributed by atoms with Crippen molar-refractivity contribution in [1.82, 2.24) is 0 Å². The molecule has 0 N–H and O–H groups in total. The van der Waals surface area contributed by atoms with E-state index in [0.717, 1.165) is 16.7 Å². The maximum Gasteiger partial charge on any atom is 0.333 e. The molecule has 2 aromatic rings. The van der Waals surface area contributed by atoms with Gasteiger partial charge in [0.2, 0.25) is 18.3 Å². The van der Waals surface area contributed by atoms with Gasteiger partial charge in [-0.2, -0.15) is 0 Å². The Morgan fingerprint density at radius 1 is 0.944 bits per heavy atom. The minimum Gasteiger partial charge on any atom is -0.493 e. The molecule has 2 aliphatic rings. The van der Waals surface area contributed by atoms with Crippen molar-refractivity contribution in [3.05, 3.63) is 34.9 Å². The van der Waals surface area contributed by atoms with Crippen molar-refractivity contribution in [2.45, 2.75) is 40.2 Å². The first kappa shape index (κ1) is 25.5. The number of hydrogen-bond donors (Lipinski definition) is 0. The molecule has 8 heteroatoms. The largest absolute Gasteiger partial charge is 0.493 e. The minimum absolute atomic E-state index is 0.0373. The summed E-state index contributed by atoms with van der Waals surface area (Å²) < 4.78 is 41.0. The van der Waals surface area contributed by atoms with E-state index in [0.29, 0.717) is 52.1 Å². The van der Waals surface area contributed by atoms with Crippen molar-refractivity contribution in [2.24, 2.45) is 11.8 Å². The lowest BCUT2D eigenvalue weighted by molar-refractivity contribution is -0.148. The number of ether oxygens (including phenoxy) is 7. The summed E-state index contributed by atoms with van der Waals surface area (Å²) >= 11 is 0. The summed E-state index contributed by atoms with van der Waals surface area (Å²) in [6.07, 6.45) is 1.85. The van der Waals surface area contributed by atoms with Gasteiger partial charge in [0.15, 0.2) is 23.0 Å². The fourth-order valence-corrected chi connectivity index (χ4v) is 4.96. The first-order valence-corrected chi connectivity index (χ1v) is 12.0. The van der Waals surface area contributed by atoms with Crippen molar-refractivity contribution in [3.8, 4) is 45.6 Å². The average Bonchev–Trinajstić information content (AvgIpc) is 3.36.